The van der Waals surface area contributed by atoms with Crippen LogP contribution in [0.2, 0.25) is 0 Å². The predicted octanol–water partition coefficient (Wildman–Crippen LogP) is 1.70. The Morgan fingerprint density at radius 2 is 2.09 bits per heavy atom. The van der Waals surface area contributed by atoms with Crippen LogP contribution in [0.25, 0.3) is 0 Å². The summed E-state index contributed by atoms with van der Waals surface area (Å²) in [5.74, 6) is -0.0705. The van der Waals surface area contributed by atoms with E-state index in [-0.39, 0.29) is 23.6 Å². The number of amides is 2. The van der Waals surface area contributed by atoms with Crippen LogP contribution in [0.5, 0.6) is 0 Å². The molecule has 0 aromatic carbocycles. The predicted molar refractivity (Wildman–Crippen MR) is 84.0 cm³/mol. The van der Waals surface area contributed by atoms with Crippen molar-refractivity contribution in [3.05, 3.63) is 23.7 Å². The van der Waals surface area contributed by atoms with Crippen LogP contribution in [-0.4, -0.2) is 42.1 Å². The second kappa shape index (κ2) is 8.12. The van der Waals surface area contributed by atoms with E-state index in [1.165, 1.54) is 11.5 Å². The van der Waals surface area contributed by atoms with Crippen molar-refractivity contribution < 1.29 is 19.2 Å². The molecule has 23 heavy (non-hydrogen) atoms. The fraction of sp³-hybridized carbons (Fsp3) is 0.625. The summed E-state index contributed by atoms with van der Waals surface area (Å²) in [6, 6.07) is 2.90. The van der Waals surface area contributed by atoms with E-state index in [1.807, 2.05) is 6.92 Å². The molecule has 7 nitrogen and oxygen atoms in total. The van der Waals surface area contributed by atoms with Gasteiger partial charge >= 0.3 is 5.91 Å². The van der Waals surface area contributed by atoms with Crippen LogP contribution in [0.4, 0.5) is 0 Å². The van der Waals surface area contributed by atoms with Crippen molar-refractivity contribution in [2.24, 2.45) is 5.92 Å². The summed E-state index contributed by atoms with van der Waals surface area (Å²) in [5.41, 5.74) is 1.54. The van der Waals surface area contributed by atoms with Gasteiger partial charge in [0.15, 0.2) is 5.76 Å². The number of hydrogen-bond donors (Lipinski definition) is 3. The van der Waals surface area contributed by atoms with E-state index in [4.69, 9.17) is 9.62 Å². The third-order valence-electron chi connectivity index (χ3n) is 4.28. The maximum absolute atomic E-state index is 12.5. The Morgan fingerprint density at radius 3 is 2.70 bits per heavy atom. The molecule has 1 fully saturated rings. The van der Waals surface area contributed by atoms with Gasteiger partial charge in [0.05, 0.1) is 6.04 Å². The summed E-state index contributed by atoms with van der Waals surface area (Å²) in [5, 5.41) is 11.7. The van der Waals surface area contributed by atoms with Gasteiger partial charge in [-0.15, -0.1) is 0 Å². The minimum atomic E-state index is -0.701. The molecule has 0 unspecified atom stereocenters. The van der Waals surface area contributed by atoms with E-state index in [2.05, 4.69) is 17.3 Å². The number of piperidine rings is 1. The number of carbonyl (C=O) groups is 2. The van der Waals surface area contributed by atoms with Crippen LogP contribution >= 0.6 is 0 Å². The Kier molecular flexibility index (Phi) is 6.18. The molecule has 2 rings (SSSR count). The van der Waals surface area contributed by atoms with Gasteiger partial charge in [-0.25, -0.2) is 5.48 Å². The zero-order chi connectivity index (χ0) is 16.8. The van der Waals surface area contributed by atoms with E-state index in [1.54, 1.807) is 6.07 Å². The molecule has 0 bridgehead atoms. The highest BCUT2D eigenvalue weighted by Gasteiger charge is 2.26. The molecular weight excluding hydrogens is 298 g/mol. The van der Waals surface area contributed by atoms with Crippen molar-refractivity contribution in [2.75, 3.05) is 20.1 Å². The summed E-state index contributed by atoms with van der Waals surface area (Å²) in [6.45, 7) is 3.88. The van der Waals surface area contributed by atoms with Crippen molar-refractivity contribution in [1.29, 1.82) is 0 Å². The van der Waals surface area contributed by atoms with Crippen molar-refractivity contribution in [3.8, 4) is 0 Å². The minimum absolute atomic E-state index is 0.0251. The summed E-state index contributed by atoms with van der Waals surface area (Å²) < 4.78 is 5.46. The van der Waals surface area contributed by atoms with E-state index < -0.39 is 5.91 Å². The topological polar surface area (TPSA) is 94.8 Å². The van der Waals surface area contributed by atoms with Crippen LogP contribution in [0.3, 0.4) is 0 Å². The summed E-state index contributed by atoms with van der Waals surface area (Å²) in [7, 11) is 2.06. The Balaban J connectivity index is 2.01. The third kappa shape index (κ3) is 4.56. The van der Waals surface area contributed by atoms with Gasteiger partial charge in [0, 0.05) is 5.92 Å². The molecule has 1 aromatic rings. The molecule has 2 amide bonds. The van der Waals surface area contributed by atoms with Gasteiger partial charge in [-0.1, -0.05) is 13.3 Å². The molecule has 0 saturated carbocycles. The molecule has 0 aliphatic carbocycles. The molecule has 2 heterocycles. The van der Waals surface area contributed by atoms with Gasteiger partial charge < -0.3 is 14.6 Å². The lowest BCUT2D eigenvalue weighted by Gasteiger charge is -2.29. The van der Waals surface area contributed by atoms with E-state index in [9.17, 15) is 9.59 Å². The number of rotatable bonds is 6. The second-order valence-corrected chi connectivity index (χ2v) is 6.07. The Hall–Kier alpha value is -1.86. The largest absolute Gasteiger partial charge is 0.454 e. The van der Waals surface area contributed by atoms with Crippen LogP contribution in [0.1, 0.15) is 55.0 Å². The van der Waals surface area contributed by atoms with E-state index in [0.29, 0.717) is 5.76 Å². The Morgan fingerprint density at radius 1 is 1.39 bits per heavy atom. The summed E-state index contributed by atoms with van der Waals surface area (Å²) >= 11 is 0. The number of nitrogens with one attached hydrogen (secondary N) is 2. The lowest BCUT2D eigenvalue weighted by Crippen LogP contribution is -2.40. The molecule has 0 radical (unpaired) electrons. The number of furan rings is 1. The molecular formula is C16H25N3O4. The quantitative estimate of drug-likeness (QED) is 0.547. The zero-order valence-corrected chi connectivity index (χ0v) is 13.7. The van der Waals surface area contributed by atoms with Gasteiger partial charge in [-0.05, 0) is 51.5 Å². The fourth-order valence-electron chi connectivity index (χ4n) is 2.85. The molecule has 1 aliphatic rings. The first kappa shape index (κ1) is 17.5. The van der Waals surface area contributed by atoms with Crippen molar-refractivity contribution >= 4 is 11.8 Å². The lowest BCUT2D eigenvalue weighted by atomic mass is 9.95. The normalized spacial score (nSPS) is 17.7. The number of nitrogens with zero attached hydrogens (tertiary/aromatic N) is 1. The monoisotopic (exact) mass is 323 g/mol. The molecule has 3 N–H and O–H groups in total. The SMILES string of the molecule is CCC[C@H](NC(=O)C1CCN(C)CC1)c1ccc(C(=O)NO)o1. The number of carbonyl (C=O) groups excluding carboxylic acids is 2. The fourth-order valence-corrected chi connectivity index (χ4v) is 2.85. The molecule has 128 valence electrons. The van der Waals surface area contributed by atoms with Crippen molar-refractivity contribution in [2.45, 2.75) is 38.6 Å². The zero-order valence-electron chi connectivity index (χ0n) is 13.7. The minimum Gasteiger partial charge on any atom is -0.454 e. The average molecular weight is 323 g/mol. The number of likely N-dealkylation sites (tertiary alicyclic amines) is 1. The van der Waals surface area contributed by atoms with E-state index in [0.717, 1.165) is 38.8 Å². The second-order valence-electron chi connectivity index (χ2n) is 6.07. The maximum Gasteiger partial charge on any atom is 0.310 e. The number of hydroxylamine groups is 1. The summed E-state index contributed by atoms with van der Waals surface area (Å²) in [6.07, 6.45) is 3.32. The Labute approximate surface area is 136 Å². The molecule has 1 aromatic heterocycles. The third-order valence-corrected chi connectivity index (χ3v) is 4.28. The van der Waals surface area contributed by atoms with Gasteiger partial charge in [-0.3, -0.25) is 14.8 Å². The number of hydrogen-bond acceptors (Lipinski definition) is 5. The van der Waals surface area contributed by atoms with Crippen molar-refractivity contribution in [3.63, 3.8) is 0 Å². The van der Waals surface area contributed by atoms with Crippen molar-refractivity contribution in [1.82, 2.24) is 15.7 Å². The highest BCUT2D eigenvalue weighted by molar-refractivity contribution is 5.90. The smallest absolute Gasteiger partial charge is 0.310 e. The van der Waals surface area contributed by atoms with Gasteiger partial charge in [0.2, 0.25) is 5.91 Å². The van der Waals surface area contributed by atoms with Crippen LogP contribution in [0, 0.1) is 5.92 Å². The summed E-state index contributed by atoms with van der Waals surface area (Å²) in [4.78, 5) is 26.1. The first-order valence-electron chi connectivity index (χ1n) is 8.08. The van der Waals surface area contributed by atoms with E-state index >= 15 is 0 Å². The Bertz CT molecular complexity index is 535. The average Bonchev–Trinajstić information content (AvgIpc) is 3.04. The maximum atomic E-state index is 12.5. The molecule has 1 aliphatic heterocycles. The van der Waals surface area contributed by atoms with Crippen LogP contribution in [0.15, 0.2) is 16.5 Å². The molecule has 0 spiro atoms. The highest BCUT2D eigenvalue weighted by atomic mass is 16.5. The van der Waals surface area contributed by atoms with Gasteiger partial charge in [-0.2, -0.15) is 0 Å². The highest BCUT2D eigenvalue weighted by Crippen LogP contribution is 2.23. The molecule has 1 atom stereocenters. The first-order chi connectivity index (χ1) is 11.0. The first-order valence-corrected chi connectivity index (χ1v) is 8.08. The van der Waals surface area contributed by atoms with Crippen LogP contribution in [-0.2, 0) is 4.79 Å². The van der Waals surface area contributed by atoms with Gasteiger partial charge in [0.25, 0.3) is 0 Å². The lowest BCUT2D eigenvalue weighted by molar-refractivity contribution is -0.127. The molecule has 1 saturated heterocycles. The molecule has 7 heteroatoms. The standard InChI is InChI=1S/C16H25N3O4/c1-3-4-12(13-5-6-14(23-13)16(21)18-22)17-15(20)11-7-9-19(2)10-8-11/h5-6,11-12,22H,3-4,7-10H2,1-2H3,(H,17,20)(H,18,21)/t12-/m0/s1. The van der Waals surface area contributed by atoms with Gasteiger partial charge in [0.1, 0.15) is 5.76 Å². The van der Waals surface area contributed by atoms with Crippen LogP contribution < -0.4 is 10.8 Å².